The number of fused-ring (bicyclic) bond motifs is 1. The van der Waals surface area contributed by atoms with Gasteiger partial charge >= 0.3 is 6.61 Å². The molecule has 0 bridgehead atoms. The first-order chi connectivity index (χ1) is 14.8. The highest BCUT2D eigenvalue weighted by atomic mass is 32.2. The number of hydrogen-bond donors (Lipinski definition) is 1. The van der Waals surface area contributed by atoms with E-state index in [0.717, 1.165) is 16.0 Å². The van der Waals surface area contributed by atoms with Crippen molar-refractivity contribution < 1.29 is 18.3 Å². The summed E-state index contributed by atoms with van der Waals surface area (Å²) in [5, 5.41) is 3.83. The van der Waals surface area contributed by atoms with E-state index in [4.69, 9.17) is 0 Å². The number of aryl methyl sites for hydroxylation is 2. The summed E-state index contributed by atoms with van der Waals surface area (Å²) in [6, 6.07) is 6.04. The molecule has 0 aliphatic carbocycles. The number of amides is 1. The minimum Gasteiger partial charge on any atom is -0.435 e. The summed E-state index contributed by atoms with van der Waals surface area (Å²) >= 11 is 2.64. The highest BCUT2D eigenvalue weighted by molar-refractivity contribution is 7.99. The third-order valence-electron chi connectivity index (χ3n) is 4.54. The number of alkyl halides is 2. The number of hydrogen-bond acceptors (Lipinski definition) is 6. The van der Waals surface area contributed by atoms with Gasteiger partial charge in [-0.1, -0.05) is 30.0 Å². The number of rotatable bonds is 9. The van der Waals surface area contributed by atoms with Crippen LogP contribution in [-0.2, 0) is 17.9 Å². The molecule has 2 heterocycles. The molecule has 1 amide bonds. The fourth-order valence-electron chi connectivity index (χ4n) is 2.88. The Morgan fingerprint density at radius 2 is 2.06 bits per heavy atom. The first-order valence-corrected chi connectivity index (χ1v) is 11.1. The van der Waals surface area contributed by atoms with Gasteiger partial charge < -0.3 is 10.1 Å². The van der Waals surface area contributed by atoms with E-state index in [1.807, 2.05) is 13.8 Å². The number of nitrogens with zero attached hydrogens (tertiary/aromatic N) is 2. The molecule has 0 aliphatic heterocycles. The maximum atomic E-state index is 12.9. The van der Waals surface area contributed by atoms with E-state index in [9.17, 15) is 18.4 Å². The maximum Gasteiger partial charge on any atom is 0.387 e. The molecule has 0 radical (unpaired) electrons. The largest absolute Gasteiger partial charge is 0.435 e. The van der Waals surface area contributed by atoms with Crippen molar-refractivity contribution in [3.8, 4) is 5.75 Å². The summed E-state index contributed by atoms with van der Waals surface area (Å²) in [6.45, 7) is 5.22. The Morgan fingerprint density at radius 3 is 2.71 bits per heavy atom. The fourth-order valence-corrected chi connectivity index (χ4v) is 4.79. The Hall–Kier alpha value is -2.72. The average Bonchev–Trinajstić information content (AvgIpc) is 3.01. The Balaban J connectivity index is 1.66. The predicted molar refractivity (Wildman–Crippen MR) is 119 cm³/mol. The van der Waals surface area contributed by atoms with Crippen molar-refractivity contribution in [1.29, 1.82) is 0 Å². The van der Waals surface area contributed by atoms with Crippen molar-refractivity contribution in [2.75, 3.05) is 5.75 Å². The zero-order valence-corrected chi connectivity index (χ0v) is 18.6. The van der Waals surface area contributed by atoms with E-state index in [1.54, 1.807) is 18.2 Å². The smallest absolute Gasteiger partial charge is 0.387 e. The highest BCUT2D eigenvalue weighted by Gasteiger charge is 2.17. The molecule has 1 N–H and O–H groups in total. The van der Waals surface area contributed by atoms with Crippen LogP contribution in [0.5, 0.6) is 5.75 Å². The number of ether oxygens (including phenoxy) is 1. The maximum absolute atomic E-state index is 12.9. The van der Waals surface area contributed by atoms with E-state index < -0.39 is 6.61 Å². The van der Waals surface area contributed by atoms with Crippen molar-refractivity contribution in [1.82, 2.24) is 14.9 Å². The van der Waals surface area contributed by atoms with Gasteiger partial charge in [0, 0.05) is 18.0 Å². The normalized spacial score (nSPS) is 11.1. The lowest BCUT2D eigenvalue weighted by molar-refractivity contribution is -0.118. The fraction of sp³-hybridized carbons (Fsp3) is 0.286. The SMILES string of the molecule is C=CCn1c(SCC(=O)NCc2ccc(OC(F)F)cc2)nc2sc(C)c(C)c2c1=O. The zero-order chi connectivity index (χ0) is 22.5. The minimum atomic E-state index is -2.88. The molecule has 3 aromatic rings. The van der Waals surface area contributed by atoms with Gasteiger partial charge in [0.05, 0.1) is 11.1 Å². The molecule has 0 aliphatic rings. The van der Waals surface area contributed by atoms with Gasteiger partial charge in [-0.2, -0.15) is 8.78 Å². The lowest BCUT2D eigenvalue weighted by atomic mass is 10.2. The zero-order valence-electron chi connectivity index (χ0n) is 17.0. The molecule has 6 nitrogen and oxygen atoms in total. The first-order valence-electron chi connectivity index (χ1n) is 9.34. The van der Waals surface area contributed by atoms with Crippen molar-refractivity contribution >= 4 is 39.2 Å². The van der Waals surface area contributed by atoms with Crippen LogP contribution in [0.1, 0.15) is 16.0 Å². The molecule has 3 rings (SSSR count). The number of thioether (sulfide) groups is 1. The summed E-state index contributed by atoms with van der Waals surface area (Å²) in [6.07, 6.45) is 1.62. The summed E-state index contributed by atoms with van der Waals surface area (Å²) in [4.78, 5) is 31.5. The number of thiophene rings is 1. The van der Waals surface area contributed by atoms with Crippen LogP contribution in [0.4, 0.5) is 8.78 Å². The number of allylic oxidation sites excluding steroid dienone is 1. The van der Waals surface area contributed by atoms with E-state index in [0.29, 0.717) is 21.9 Å². The molecule has 0 saturated carbocycles. The second-order valence-electron chi connectivity index (χ2n) is 6.65. The summed E-state index contributed by atoms with van der Waals surface area (Å²) in [7, 11) is 0. The first kappa shape index (κ1) is 23.0. The van der Waals surface area contributed by atoms with Gasteiger partial charge in [-0.3, -0.25) is 14.2 Å². The van der Waals surface area contributed by atoms with Crippen LogP contribution in [-0.4, -0.2) is 27.8 Å². The molecular formula is C21H21F2N3O3S2. The molecule has 2 aromatic heterocycles. The predicted octanol–water partition coefficient (Wildman–Crippen LogP) is 4.27. The lowest BCUT2D eigenvalue weighted by Crippen LogP contribution is -2.26. The van der Waals surface area contributed by atoms with Crippen molar-refractivity contribution in [2.45, 2.75) is 38.7 Å². The van der Waals surface area contributed by atoms with E-state index >= 15 is 0 Å². The Kier molecular flexibility index (Phi) is 7.45. The second kappa shape index (κ2) is 10.1. The van der Waals surface area contributed by atoms with Gasteiger partial charge in [-0.25, -0.2) is 4.98 Å². The van der Waals surface area contributed by atoms with Gasteiger partial charge in [0.15, 0.2) is 5.16 Å². The molecule has 164 valence electrons. The van der Waals surface area contributed by atoms with Crippen LogP contribution < -0.4 is 15.6 Å². The van der Waals surface area contributed by atoms with E-state index in [-0.39, 0.29) is 29.5 Å². The third-order valence-corrected chi connectivity index (χ3v) is 6.61. The quantitative estimate of drug-likeness (QED) is 0.290. The number of carbonyl (C=O) groups is 1. The molecule has 0 fully saturated rings. The number of aromatic nitrogens is 2. The van der Waals surface area contributed by atoms with Crippen LogP contribution in [0.25, 0.3) is 10.2 Å². The molecule has 10 heteroatoms. The Labute approximate surface area is 185 Å². The van der Waals surface area contributed by atoms with Gasteiger partial charge in [0.1, 0.15) is 10.6 Å². The Bertz CT molecular complexity index is 1160. The van der Waals surface area contributed by atoms with Crippen LogP contribution in [0, 0.1) is 13.8 Å². The van der Waals surface area contributed by atoms with E-state index in [2.05, 4.69) is 21.6 Å². The lowest BCUT2D eigenvalue weighted by Gasteiger charge is -2.11. The molecule has 0 saturated heterocycles. The Morgan fingerprint density at radius 1 is 1.35 bits per heavy atom. The molecule has 0 unspecified atom stereocenters. The number of nitrogens with one attached hydrogen (secondary N) is 1. The number of carbonyl (C=O) groups excluding carboxylic acids is 1. The monoisotopic (exact) mass is 465 g/mol. The molecule has 0 spiro atoms. The van der Waals surface area contributed by atoms with Crippen molar-refractivity contribution in [3.63, 3.8) is 0 Å². The third kappa shape index (κ3) is 5.50. The van der Waals surface area contributed by atoms with Crippen molar-refractivity contribution in [2.24, 2.45) is 0 Å². The molecule has 31 heavy (non-hydrogen) atoms. The average molecular weight is 466 g/mol. The number of halogens is 2. The van der Waals surface area contributed by atoms with Crippen LogP contribution in [0.3, 0.4) is 0 Å². The van der Waals surface area contributed by atoms with E-state index in [1.165, 1.54) is 39.8 Å². The summed E-state index contributed by atoms with van der Waals surface area (Å²) < 4.78 is 30.2. The van der Waals surface area contributed by atoms with Gasteiger partial charge in [0.2, 0.25) is 5.91 Å². The number of benzene rings is 1. The van der Waals surface area contributed by atoms with Crippen LogP contribution in [0.15, 0.2) is 46.9 Å². The van der Waals surface area contributed by atoms with Gasteiger partial charge in [-0.15, -0.1) is 17.9 Å². The molecule has 0 atom stereocenters. The highest BCUT2D eigenvalue weighted by Crippen LogP contribution is 2.28. The minimum absolute atomic E-state index is 0.0568. The molecule has 1 aromatic carbocycles. The summed E-state index contributed by atoms with van der Waals surface area (Å²) in [5.41, 5.74) is 1.53. The van der Waals surface area contributed by atoms with Gasteiger partial charge in [0.25, 0.3) is 5.56 Å². The standard InChI is InChI=1S/C21H21F2N3O3S2/c1-4-9-26-19(28)17-12(2)13(3)31-18(17)25-21(26)30-11-16(27)24-10-14-5-7-15(8-6-14)29-20(22)23/h4-8,20H,1,9-11H2,2-3H3,(H,24,27). The summed E-state index contributed by atoms with van der Waals surface area (Å²) in [5.74, 6) is -0.109. The topological polar surface area (TPSA) is 73.2 Å². The van der Waals surface area contributed by atoms with Crippen LogP contribution >= 0.6 is 23.1 Å². The second-order valence-corrected chi connectivity index (χ2v) is 8.80. The van der Waals surface area contributed by atoms with Gasteiger partial charge in [-0.05, 0) is 37.1 Å². The van der Waals surface area contributed by atoms with Crippen LogP contribution in [0.2, 0.25) is 0 Å². The molecular weight excluding hydrogens is 444 g/mol. The van der Waals surface area contributed by atoms with Crippen molar-refractivity contribution in [3.05, 3.63) is 63.3 Å².